The molecule has 1 amide bonds. The van der Waals surface area contributed by atoms with Gasteiger partial charge >= 0.3 is 0 Å². The van der Waals surface area contributed by atoms with E-state index in [4.69, 9.17) is 0 Å². The Morgan fingerprint density at radius 1 is 1.04 bits per heavy atom. The summed E-state index contributed by atoms with van der Waals surface area (Å²) in [6.45, 7) is 4.72. The van der Waals surface area contributed by atoms with Crippen LogP contribution in [0.5, 0.6) is 0 Å². The molecule has 0 aliphatic rings. The number of carbonyl (C=O) groups is 2. The minimum atomic E-state index is -0.471. The smallest absolute Gasteiger partial charge is 0.275 e. The Bertz CT molecular complexity index is 713. The van der Waals surface area contributed by atoms with Crippen LogP contribution in [0.2, 0.25) is 0 Å². The first-order chi connectivity index (χ1) is 12.0. The molecular weight excluding hydrogens is 312 g/mol. The van der Waals surface area contributed by atoms with Crippen LogP contribution >= 0.6 is 0 Å². The van der Waals surface area contributed by atoms with Gasteiger partial charge in [0.05, 0.1) is 13.1 Å². The lowest BCUT2D eigenvalue weighted by molar-refractivity contribution is -0.885. The molecule has 2 rings (SSSR count). The lowest BCUT2D eigenvalue weighted by atomic mass is 10.0. The minimum Gasteiger partial charge on any atom is -0.341 e. The minimum absolute atomic E-state index is 0.0197. The summed E-state index contributed by atoms with van der Waals surface area (Å²) in [7, 11) is 1.99. The third-order valence-electron chi connectivity index (χ3n) is 4.32. The number of carbonyl (C=O) groups excluding carboxylic acids is 2. The molecule has 25 heavy (non-hydrogen) atoms. The van der Waals surface area contributed by atoms with Gasteiger partial charge in [-0.05, 0) is 31.4 Å². The predicted octanol–water partition coefficient (Wildman–Crippen LogP) is 1.33. The van der Waals surface area contributed by atoms with Crippen molar-refractivity contribution in [2.45, 2.75) is 32.9 Å². The Morgan fingerprint density at radius 3 is 2.32 bits per heavy atom. The molecule has 0 spiro atoms. The maximum atomic E-state index is 12.3. The number of hydrogen-bond donors (Lipinski definition) is 2. The van der Waals surface area contributed by atoms with E-state index in [9.17, 15) is 9.59 Å². The molecule has 2 atom stereocenters. The molecule has 0 saturated carbocycles. The van der Waals surface area contributed by atoms with Crippen LogP contribution in [0.1, 0.15) is 23.6 Å². The van der Waals surface area contributed by atoms with Crippen molar-refractivity contribution in [3.8, 4) is 0 Å². The van der Waals surface area contributed by atoms with E-state index in [-0.39, 0.29) is 11.7 Å². The molecule has 2 aromatic carbocycles. The van der Waals surface area contributed by atoms with Gasteiger partial charge in [-0.1, -0.05) is 54.6 Å². The lowest BCUT2D eigenvalue weighted by Crippen LogP contribution is -3.09. The van der Waals surface area contributed by atoms with Crippen molar-refractivity contribution in [3.63, 3.8) is 0 Å². The summed E-state index contributed by atoms with van der Waals surface area (Å²) in [6, 6.07) is 17.5. The van der Waals surface area contributed by atoms with E-state index in [1.165, 1.54) is 18.1 Å². The number of benzene rings is 2. The molecule has 0 aliphatic carbocycles. The van der Waals surface area contributed by atoms with Crippen molar-refractivity contribution in [1.29, 1.82) is 0 Å². The molecule has 0 fully saturated rings. The molecule has 132 valence electrons. The van der Waals surface area contributed by atoms with Gasteiger partial charge in [-0.3, -0.25) is 9.59 Å². The van der Waals surface area contributed by atoms with E-state index < -0.39 is 6.04 Å². The summed E-state index contributed by atoms with van der Waals surface area (Å²) < 4.78 is 0. The van der Waals surface area contributed by atoms with Crippen LogP contribution in [0, 0.1) is 6.92 Å². The fourth-order valence-electron chi connectivity index (χ4n) is 2.86. The van der Waals surface area contributed by atoms with E-state index in [0.717, 1.165) is 17.0 Å². The summed E-state index contributed by atoms with van der Waals surface area (Å²) in [6.07, 6.45) is 0.527. The molecule has 2 N–H and O–H groups in total. The van der Waals surface area contributed by atoms with Crippen LogP contribution in [-0.4, -0.2) is 31.3 Å². The van der Waals surface area contributed by atoms with Gasteiger partial charge in [-0.25, -0.2) is 0 Å². The zero-order valence-electron chi connectivity index (χ0n) is 15.2. The summed E-state index contributed by atoms with van der Waals surface area (Å²) in [4.78, 5) is 25.3. The van der Waals surface area contributed by atoms with Crippen molar-refractivity contribution in [2.24, 2.45) is 0 Å². The SMILES string of the molecule is CC(=O)[C@H](Cc1ccccc1)NC(=O)C[NH+](C)Cc1ccccc1C. The first-order valence-electron chi connectivity index (χ1n) is 8.65. The number of amides is 1. The van der Waals surface area contributed by atoms with E-state index in [1.54, 1.807) is 0 Å². The molecule has 0 aromatic heterocycles. The first-order valence-corrected chi connectivity index (χ1v) is 8.65. The van der Waals surface area contributed by atoms with Crippen LogP contribution in [0.4, 0.5) is 0 Å². The third-order valence-corrected chi connectivity index (χ3v) is 4.32. The van der Waals surface area contributed by atoms with Crippen LogP contribution < -0.4 is 10.2 Å². The zero-order chi connectivity index (χ0) is 18.2. The van der Waals surface area contributed by atoms with Crippen molar-refractivity contribution in [2.75, 3.05) is 13.6 Å². The van der Waals surface area contributed by atoms with Crippen LogP contribution in [-0.2, 0) is 22.6 Å². The first kappa shape index (κ1) is 18.9. The van der Waals surface area contributed by atoms with E-state index in [2.05, 4.69) is 24.4 Å². The van der Waals surface area contributed by atoms with Crippen LogP contribution in [0.3, 0.4) is 0 Å². The Morgan fingerprint density at radius 2 is 1.68 bits per heavy atom. The fraction of sp³-hybridized carbons (Fsp3) is 0.333. The second-order valence-corrected chi connectivity index (χ2v) is 6.66. The van der Waals surface area contributed by atoms with E-state index >= 15 is 0 Å². The largest absolute Gasteiger partial charge is 0.341 e. The van der Waals surface area contributed by atoms with Gasteiger partial charge in [0, 0.05) is 5.56 Å². The molecule has 0 bridgehead atoms. The Hall–Kier alpha value is -2.46. The number of Topliss-reactive ketones (excluding diaryl/α,β-unsaturated/α-hetero) is 1. The topological polar surface area (TPSA) is 50.6 Å². The Balaban J connectivity index is 1.90. The fourth-order valence-corrected chi connectivity index (χ4v) is 2.86. The van der Waals surface area contributed by atoms with Gasteiger partial charge < -0.3 is 10.2 Å². The van der Waals surface area contributed by atoms with Gasteiger partial charge in [-0.2, -0.15) is 0 Å². The molecular formula is C21H27N2O2+. The number of hydrogen-bond acceptors (Lipinski definition) is 2. The average molecular weight is 339 g/mol. The third kappa shape index (κ3) is 6.16. The highest BCUT2D eigenvalue weighted by atomic mass is 16.2. The Kier molecular flexibility index (Phi) is 6.90. The summed E-state index contributed by atoms with van der Waals surface area (Å²) in [5.74, 6) is -0.115. The van der Waals surface area contributed by atoms with Gasteiger partial charge in [0.25, 0.3) is 5.91 Å². The number of rotatable bonds is 8. The van der Waals surface area contributed by atoms with E-state index in [1.807, 2.05) is 49.5 Å². The number of aryl methyl sites for hydroxylation is 1. The highest BCUT2D eigenvalue weighted by Crippen LogP contribution is 2.05. The maximum Gasteiger partial charge on any atom is 0.275 e. The molecule has 0 saturated heterocycles. The zero-order valence-corrected chi connectivity index (χ0v) is 15.2. The number of ketones is 1. The monoisotopic (exact) mass is 339 g/mol. The van der Waals surface area contributed by atoms with Crippen molar-refractivity contribution in [1.82, 2.24) is 5.32 Å². The second kappa shape index (κ2) is 9.14. The Labute approximate surface area is 149 Å². The standard InChI is InChI=1S/C21H26N2O2/c1-16-9-7-8-12-19(16)14-23(3)15-21(25)22-20(17(2)24)13-18-10-5-4-6-11-18/h4-12,20H,13-15H2,1-3H3,(H,22,25)/p+1/t20-/m0/s1. The summed E-state index contributed by atoms with van der Waals surface area (Å²) in [5, 5.41) is 2.89. The average Bonchev–Trinajstić information content (AvgIpc) is 2.57. The van der Waals surface area contributed by atoms with Crippen molar-refractivity contribution < 1.29 is 14.5 Å². The number of quaternary nitrogens is 1. The van der Waals surface area contributed by atoms with E-state index in [0.29, 0.717) is 13.0 Å². The van der Waals surface area contributed by atoms with Gasteiger partial charge in [-0.15, -0.1) is 0 Å². The molecule has 0 radical (unpaired) electrons. The molecule has 0 heterocycles. The second-order valence-electron chi connectivity index (χ2n) is 6.66. The van der Waals surface area contributed by atoms with Gasteiger partial charge in [0.15, 0.2) is 12.3 Å². The summed E-state index contributed by atoms with van der Waals surface area (Å²) in [5.41, 5.74) is 3.51. The molecule has 0 aliphatic heterocycles. The van der Waals surface area contributed by atoms with Crippen molar-refractivity contribution in [3.05, 3.63) is 71.3 Å². The van der Waals surface area contributed by atoms with Crippen LogP contribution in [0.15, 0.2) is 54.6 Å². The van der Waals surface area contributed by atoms with Crippen molar-refractivity contribution >= 4 is 11.7 Å². The van der Waals surface area contributed by atoms with Crippen LogP contribution in [0.25, 0.3) is 0 Å². The lowest BCUT2D eigenvalue weighted by Gasteiger charge is -2.19. The quantitative estimate of drug-likeness (QED) is 0.762. The van der Waals surface area contributed by atoms with Gasteiger partial charge in [0.2, 0.25) is 0 Å². The number of likely N-dealkylation sites (N-methyl/N-ethyl adjacent to an activating group) is 1. The molecule has 2 aromatic rings. The number of nitrogens with one attached hydrogen (secondary N) is 2. The highest BCUT2D eigenvalue weighted by molar-refractivity contribution is 5.88. The molecule has 4 nitrogen and oxygen atoms in total. The predicted molar refractivity (Wildman–Crippen MR) is 99.4 cm³/mol. The molecule has 4 heteroatoms. The highest BCUT2D eigenvalue weighted by Gasteiger charge is 2.20. The maximum absolute atomic E-state index is 12.3. The summed E-state index contributed by atoms with van der Waals surface area (Å²) >= 11 is 0. The molecule has 1 unspecified atom stereocenters. The normalized spacial score (nSPS) is 13.1. The van der Waals surface area contributed by atoms with Gasteiger partial charge in [0.1, 0.15) is 6.54 Å².